The van der Waals surface area contributed by atoms with Gasteiger partial charge in [0, 0.05) is 25.0 Å². The highest BCUT2D eigenvalue weighted by Crippen LogP contribution is 2.21. The van der Waals surface area contributed by atoms with Crippen molar-refractivity contribution in [1.29, 1.82) is 5.26 Å². The summed E-state index contributed by atoms with van der Waals surface area (Å²) in [5.74, 6) is 0. The molecule has 0 saturated carbocycles. The van der Waals surface area contributed by atoms with E-state index in [1.807, 2.05) is 19.2 Å². The number of nitrogens with zero attached hydrogens (tertiary/aromatic N) is 2. The van der Waals surface area contributed by atoms with Crippen LogP contribution in [0.25, 0.3) is 0 Å². The van der Waals surface area contributed by atoms with Crippen LogP contribution in [0.5, 0.6) is 0 Å². The predicted molar refractivity (Wildman–Crippen MR) is 83.5 cm³/mol. The number of hydrogen-bond donors (Lipinski definition) is 1. The van der Waals surface area contributed by atoms with Crippen molar-refractivity contribution in [2.75, 3.05) is 17.7 Å². The zero-order valence-corrected chi connectivity index (χ0v) is 11.9. The first-order valence-corrected chi connectivity index (χ1v) is 6.72. The molecule has 0 radical (unpaired) electrons. The maximum Gasteiger partial charge on any atom is 0.101 e. The zero-order valence-electron chi connectivity index (χ0n) is 11.9. The first-order valence-electron chi connectivity index (χ1n) is 6.72. The van der Waals surface area contributed by atoms with E-state index in [0.29, 0.717) is 11.3 Å². The van der Waals surface area contributed by atoms with E-state index < -0.39 is 0 Å². The first-order chi connectivity index (χ1) is 9.63. The van der Waals surface area contributed by atoms with Gasteiger partial charge < -0.3 is 10.6 Å². The van der Waals surface area contributed by atoms with Crippen LogP contribution in [0, 0.1) is 11.3 Å². The normalized spacial score (nSPS) is 10.1. The summed E-state index contributed by atoms with van der Waals surface area (Å²) in [6, 6.07) is 16.3. The van der Waals surface area contributed by atoms with Crippen LogP contribution in [-0.4, -0.2) is 7.05 Å². The number of hydrogen-bond acceptors (Lipinski definition) is 3. The largest absolute Gasteiger partial charge is 0.398 e. The molecular formula is C17H19N3. The van der Waals surface area contributed by atoms with Crippen molar-refractivity contribution in [2.45, 2.75) is 19.9 Å². The van der Waals surface area contributed by atoms with Crippen LogP contribution in [0.1, 0.15) is 23.6 Å². The average Bonchev–Trinajstić information content (AvgIpc) is 2.48. The van der Waals surface area contributed by atoms with Gasteiger partial charge in [0.2, 0.25) is 0 Å². The van der Waals surface area contributed by atoms with E-state index in [2.05, 4.69) is 42.2 Å². The van der Waals surface area contributed by atoms with Crippen molar-refractivity contribution in [1.82, 2.24) is 0 Å². The second-order valence-corrected chi connectivity index (χ2v) is 4.91. The van der Waals surface area contributed by atoms with Crippen molar-refractivity contribution in [3.8, 4) is 6.07 Å². The highest BCUT2D eigenvalue weighted by atomic mass is 15.1. The van der Waals surface area contributed by atoms with Gasteiger partial charge >= 0.3 is 0 Å². The average molecular weight is 265 g/mol. The SMILES string of the molecule is CCc1ccc(CN(C)c2ccc(N)c(C#N)c2)cc1. The minimum absolute atomic E-state index is 0.524. The lowest BCUT2D eigenvalue weighted by atomic mass is 10.1. The molecule has 2 aromatic carbocycles. The third kappa shape index (κ3) is 3.10. The highest BCUT2D eigenvalue weighted by molar-refractivity contribution is 5.62. The summed E-state index contributed by atoms with van der Waals surface area (Å²) in [4.78, 5) is 2.11. The van der Waals surface area contributed by atoms with Crippen LogP contribution >= 0.6 is 0 Å². The van der Waals surface area contributed by atoms with Crippen molar-refractivity contribution in [3.63, 3.8) is 0 Å². The van der Waals surface area contributed by atoms with E-state index in [1.165, 1.54) is 11.1 Å². The quantitative estimate of drug-likeness (QED) is 0.863. The van der Waals surface area contributed by atoms with Crippen molar-refractivity contribution >= 4 is 11.4 Å². The fraction of sp³-hybridized carbons (Fsp3) is 0.235. The molecule has 0 atom stereocenters. The summed E-state index contributed by atoms with van der Waals surface area (Å²) in [5.41, 5.74) is 10.4. The molecule has 0 heterocycles. The fourth-order valence-electron chi connectivity index (χ4n) is 2.12. The van der Waals surface area contributed by atoms with E-state index in [1.54, 1.807) is 6.07 Å². The molecule has 0 aromatic heterocycles. The van der Waals surface area contributed by atoms with Crippen LogP contribution < -0.4 is 10.6 Å². The number of rotatable bonds is 4. The van der Waals surface area contributed by atoms with Crippen molar-refractivity contribution in [2.24, 2.45) is 0 Å². The molecule has 2 aromatic rings. The molecule has 2 rings (SSSR count). The van der Waals surface area contributed by atoms with E-state index >= 15 is 0 Å². The minimum atomic E-state index is 0.524. The lowest BCUT2D eigenvalue weighted by molar-refractivity contribution is 0.921. The zero-order chi connectivity index (χ0) is 14.5. The number of anilines is 2. The molecule has 0 aliphatic carbocycles. The summed E-state index contributed by atoms with van der Waals surface area (Å²) in [5, 5.41) is 9.02. The lowest BCUT2D eigenvalue weighted by Gasteiger charge is -2.20. The van der Waals surface area contributed by atoms with E-state index in [0.717, 1.165) is 18.7 Å². The smallest absolute Gasteiger partial charge is 0.101 e. The van der Waals surface area contributed by atoms with Crippen molar-refractivity contribution in [3.05, 3.63) is 59.2 Å². The topological polar surface area (TPSA) is 53.0 Å². The minimum Gasteiger partial charge on any atom is -0.398 e. The van der Waals surface area contributed by atoms with E-state index in [-0.39, 0.29) is 0 Å². The van der Waals surface area contributed by atoms with Gasteiger partial charge in [-0.05, 0) is 35.7 Å². The van der Waals surface area contributed by atoms with Crippen LogP contribution in [0.4, 0.5) is 11.4 Å². The molecule has 0 amide bonds. The molecular weight excluding hydrogens is 246 g/mol. The lowest BCUT2D eigenvalue weighted by Crippen LogP contribution is -2.16. The van der Waals surface area contributed by atoms with Gasteiger partial charge in [-0.25, -0.2) is 0 Å². The van der Waals surface area contributed by atoms with Crippen LogP contribution in [-0.2, 0) is 13.0 Å². The summed E-state index contributed by atoms with van der Waals surface area (Å²) in [6.45, 7) is 2.96. The fourth-order valence-corrected chi connectivity index (χ4v) is 2.12. The Morgan fingerprint density at radius 2 is 1.75 bits per heavy atom. The second-order valence-electron chi connectivity index (χ2n) is 4.91. The summed E-state index contributed by atoms with van der Waals surface area (Å²) in [6.07, 6.45) is 1.06. The molecule has 20 heavy (non-hydrogen) atoms. The van der Waals surface area contributed by atoms with Crippen LogP contribution in [0.3, 0.4) is 0 Å². The molecule has 0 fully saturated rings. The summed E-state index contributed by atoms with van der Waals surface area (Å²) >= 11 is 0. The molecule has 0 spiro atoms. The molecule has 0 aliphatic rings. The van der Waals surface area contributed by atoms with Gasteiger partial charge in [-0.15, -0.1) is 0 Å². The number of aryl methyl sites for hydroxylation is 1. The molecule has 0 saturated heterocycles. The van der Waals surface area contributed by atoms with Gasteiger partial charge in [-0.2, -0.15) is 5.26 Å². The standard InChI is InChI=1S/C17H19N3/c1-3-13-4-6-14(7-5-13)12-20(2)16-8-9-17(19)15(10-16)11-18/h4-10H,3,12,19H2,1-2H3. The van der Waals surface area contributed by atoms with Gasteiger partial charge in [0.1, 0.15) is 6.07 Å². The third-order valence-corrected chi connectivity index (χ3v) is 3.45. The highest BCUT2D eigenvalue weighted by Gasteiger charge is 2.05. The maximum atomic E-state index is 9.02. The molecule has 0 aliphatic heterocycles. The number of nitrogens with two attached hydrogens (primary N) is 1. The van der Waals surface area contributed by atoms with Crippen LogP contribution in [0.15, 0.2) is 42.5 Å². The Morgan fingerprint density at radius 1 is 1.10 bits per heavy atom. The molecule has 2 N–H and O–H groups in total. The Balaban J connectivity index is 2.15. The monoisotopic (exact) mass is 265 g/mol. The summed E-state index contributed by atoms with van der Waals surface area (Å²) in [7, 11) is 2.01. The molecule has 0 bridgehead atoms. The van der Waals surface area contributed by atoms with Gasteiger partial charge in [-0.1, -0.05) is 31.2 Å². The molecule has 3 heteroatoms. The predicted octanol–water partition coefficient (Wildman–Crippen LogP) is 3.34. The van der Waals surface area contributed by atoms with E-state index in [9.17, 15) is 0 Å². The maximum absolute atomic E-state index is 9.02. The Hall–Kier alpha value is -2.47. The molecule has 102 valence electrons. The summed E-state index contributed by atoms with van der Waals surface area (Å²) < 4.78 is 0. The Bertz CT molecular complexity index is 624. The van der Waals surface area contributed by atoms with E-state index in [4.69, 9.17) is 11.0 Å². The van der Waals surface area contributed by atoms with Gasteiger partial charge in [-0.3, -0.25) is 0 Å². The molecule has 3 nitrogen and oxygen atoms in total. The molecule has 0 unspecified atom stereocenters. The Labute approximate surface area is 120 Å². The number of benzene rings is 2. The first kappa shape index (κ1) is 14.0. The van der Waals surface area contributed by atoms with Gasteiger partial charge in [0.25, 0.3) is 0 Å². The third-order valence-electron chi connectivity index (χ3n) is 3.45. The van der Waals surface area contributed by atoms with Gasteiger partial charge in [0.15, 0.2) is 0 Å². The number of nitrogen functional groups attached to an aromatic ring is 1. The van der Waals surface area contributed by atoms with Crippen molar-refractivity contribution < 1.29 is 0 Å². The number of nitriles is 1. The second kappa shape index (κ2) is 6.12. The van der Waals surface area contributed by atoms with Gasteiger partial charge in [0.05, 0.1) is 5.56 Å². The Kier molecular flexibility index (Phi) is 4.27. The Morgan fingerprint density at radius 3 is 2.35 bits per heavy atom. The van der Waals surface area contributed by atoms with Crippen LogP contribution in [0.2, 0.25) is 0 Å².